The van der Waals surface area contributed by atoms with Crippen LogP contribution in [0.3, 0.4) is 0 Å². The Morgan fingerprint density at radius 1 is 1.33 bits per heavy atom. The molecule has 1 N–H and O–H groups in total. The standard InChI is InChI=1S/C19H26N4O4/c1-4-27-16-7-5-15(6-8-16)19(9-11-26-12-10-19)13-20-18-17(23(24)25)14(2)21-22(18)3/h5-8,20H,4,9-13H2,1-3H3. The molecule has 1 saturated heterocycles. The van der Waals surface area contributed by atoms with Crippen molar-refractivity contribution < 1.29 is 14.4 Å². The summed E-state index contributed by atoms with van der Waals surface area (Å²) in [6, 6.07) is 8.13. The van der Waals surface area contributed by atoms with Crippen molar-refractivity contribution in [3.63, 3.8) is 0 Å². The largest absolute Gasteiger partial charge is 0.494 e. The molecule has 2 heterocycles. The summed E-state index contributed by atoms with van der Waals surface area (Å²) in [5.74, 6) is 1.28. The highest BCUT2D eigenvalue weighted by Crippen LogP contribution is 2.37. The van der Waals surface area contributed by atoms with Crippen molar-refractivity contribution in [3.8, 4) is 5.75 Å². The highest BCUT2D eigenvalue weighted by molar-refractivity contribution is 5.59. The van der Waals surface area contributed by atoms with E-state index in [1.54, 1.807) is 18.7 Å². The second-order valence-corrected chi connectivity index (χ2v) is 6.87. The molecule has 146 valence electrons. The monoisotopic (exact) mass is 374 g/mol. The Morgan fingerprint density at radius 3 is 2.59 bits per heavy atom. The van der Waals surface area contributed by atoms with Gasteiger partial charge in [-0.05, 0) is 44.4 Å². The third-order valence-electron chi connectivity index (χ3n) is 5.20. The van der Waals surface area contributed by atoms with Crippen molar-refractivity contribution in [2.45, 2.75) is 32.1 Å². The van der Waals surface area contributed by atoms with Crippen LogP contribution in [0.25, 0.3) is 0 Å². The van der Waals surface area contributed by atoms with Crippen molar-refractivity contribution in [2.24, 2.45) is 7.05 Å². The maximum Gasteiger partial charge on any atom is 0.333 e. The van der Waals surface area contributed by atoms with Crippen LogP contribution in [0.1, 0.15) is 31.0 Å². The third-order valence-corrected chi connectivity index (χ3v) is 5.20. The normalized spacial score (nSPS) is 16.1. The first-order valence-electron chi connectivity index (χ1n) is 9.20. The average Bonchev–Trinajstić information content (AvgIpc) is 2.95. The van der Waals surface area contributed by atoms with E-state index in [0.717, 1.165) is 18.6 Å². The molecule has 0 aliphatic carbocycles. The molecule has 27 heavy (non-hydrogen) atoms. The summed E-state index contributed by atoms with van der Waals surface area (Å²) < 4.78 is 12.7. The van der Waals surface area contributed by atoms with Crippen LogP contribution >= 0.6 is 0 Å². The van der Waals surface area contributed by atoms with Gasteiger partial charge in [0.15, 0.2) is 0 Å². The van der Waals surface area contributed by atoms with Crippen LogP contribution in [0.15, 0.2) is 24.3 Å². The first-order valence-corrected chi connectivity index (χ1v) is 9.20. The van der Waals surface area contributed by atoms with E-state index in [1.807, 2.05) is 19.1 Å². The summed E-state index contributed by atoms with van der Waals surface area (Å²) in [5, 5.41) is 18.9. The summed E-state index contributed by atoms with van der Waals surface area (Å²) in [6.45, 7) is 6.15. The van der Waals surface area contributed by atoms with Crippen LogP contribution in [0.4, 0.5) is 11.5 Å². The number of anilines is 1. The first kappa shape index (κ1) is 19.2. The van der Waals surface area contributed by atoms with Crippen molar-refractivity contribution in [3.05, 3.63) is 45.6 Å². The zero-order valence-corrected chi connectivity index (χ0v) is 16.0. The lowest BCUT2D eigenvalue weighted by atomic mass is 9.74. The number of benzene rings is 1. The van der Waals surface area contributed by atoms with E-state index in [-0.39, 0.29) is 16.0 Å². The van der Waals surface area contributed by atoms with E-state index in [1.165, 1.54) is 5.56 Å². The lowest BCUT2D eigenvalue weighted by Gasteiger charge is -2.38. The van der Waals surface area contributed by atoms with Gasteiger partial charge in [-0.3, -0.25) is 10.1 Å². The maximum absolute atomic E-state index is 11.4. The fourth-order valence-corrected chi connectivity index (χ4v) is 3.72. The molecule has 1 aliphatic heterocycles. The van der Waals surface area contributed by atoms with Gasteiger partial charge in [0.05, 0.1) is 11.5 Å². The Labute approximate surface area is 158 Å². The van der Waals surface area contributed by atoms with Crippen LogP contribution in [0.5, 0.6) is 5.75 Å². The van der Waals surface area contributed by atoms with Gasteiger partial charge < -0.3 is 14.8 Å². The fourth-order valence-electron chi connectivity index (χ4n) is 3.72. The van der Waals surface area contributed by atoms with Gasteiger partial charge in [0, 0.05) is 32.2 Å². The number of hydrogen-bond acceptors (Lipinski definition) is 6. The van der Waals surface area contributed by atoms with Gasteiger partial charge in [-0.1, -0.05) is 12.1 Å². The van der Waals surface area contributed by atoms with Crippen LogP contribution in [-0.2, 0) is 17.2 Å². The SMILES string of the molecule is CCOc1ccc(C2(CNc3c([N+](=O)[O-])c(C)nn3C)CCOCC2)cc1. The Morgan fingerprint density at radius 2 is 2.00 bits per heavy atom. The van der Waals surface area contributed by atoms with Gasteiger partial charge in [-0.2, -0.15) is 5.10 Å². The zero-order valence-electron chi connectivity index (χ0n) is 16.0. The molecule has 8 nitrogen and oxygen atoms in total. The molecule has 0 spiro atoms. The molecule has 8 heteroatoms. The summed E-state index contributed by atoms with van der Waals surface area (Å²) in [5.41, 5.74) is 1.47. The lowest BCUT2D eigenvalue weighted by molar-refractivity contribution is -0.384. The number of ether oxygens (including phenoxy) is 2. The van der Waals surface area contributed by atoms with Gasteiger partial charge in [0.1, 0.15) is 11.4 Å². The van der Waals surface area contributed by atoms with Crippen molar-refractivity contribution in [1.82, 2.24) is 9.78 Å². The number of hydrogen-bond donors (Lipinski definition) is 1. The van der Waals surface area contributed by atoms with E-state index in [0.29, 0.717) is 37.9 Å². The number of rotatable bonds is 7. The molecule has 0 radical (unpaired) electrons. The predicted octanol–water partition coefficient (Wildman–Crippen LogP) is 3.20. The minimum absolute atomic E-state index is 0.0337. The molecule has 0 amide bonds. The molecule has 0 saturated carbocycles. The van der Waals surface area contributed by atoms with Gasteiger partial charge in [-0.25, -0.2) is 4.68 Å². The molecule has 2 aromatic rings. The molecule has 1 aromatic heterocycles. The average molecular weight is 374 g/mol. The molecule has 3 rings (SSSR count). The minimum atomic E-state index is -0.377. The Balaban J connectivity index is 1.87. The maximum atomic E-state index is 11.4. The lowest BCUT2D eigenvalue weighted by Crippen LogP contribution is -2.40. The predicted molar refractivity (Wildman–Crippen MR) is 102 cm³/mol. The Kier molecular flexibility index (Phi) is 5.65. The van der Waals surface area contributed by atoms with Crippen LogP contribution < -0.4 is 10.1 Å². The molecule has 0 atom stereocenters. The number of nitrogens with zero attached hydrogens (tertiary/aromatic N) is 3. The first-order chi connectivity index (χ1) is 13.0. The summed E-state index contributed by atoms with van der Waals surface area (Å²) in [4.78, 5) is 11.1. The van der Waals surface area contributed by atoms with Gasteiger partial charge >= 0.3 is 5.69 Å². The highest BCUT2D eigenvalue weighted by atomic mass is 16.6. The minimum Gasteiger partial charge on any atom is -0.494 e. The van der Waals surface area contributed by atoms with Gasteiger partial charge in [0.2, 0.25) is 5.82 Å². The molecule has 0 unspecified atom stereocenters. The molecular formula is C19H26N4O4. The van der Waals surface area contributed by atoms with E-state index in [4.69, 9.17) is 9.47 Å². The van der Waals surface area contributed by atoms with E-state index >= 15 is 0 Å². The second kappa shape index (κ2) is 7.96. The Hall–Kier alpha value is -2.61. The summed E-state index contributed by atoms with van der Waals surface area (Å²) in [6.07, 6.45) is 1.69. The summed E-state index contributed by atoms with van der Waals surface area (Å²) >= 11 is 0. The van der Waals surface area contributed by atoms with Crippen molar-refractivity contribution in [2.75, 3.05) is 31.7 Å². The van der Waals surface area contributed by atoms with Gasteiger partial charge in [0.25, 0.3) is 0 Å². The van der Waals surface area contributed by atoms with Crippen molar-refractivity contribution >= 4 is 11.5 Å². The summed E-state index contributed by atoms with van der Waals surface area (Å²) in [7, 11) is 1.72. The third kappa shape index (κ3) is 3.90. The van der Waals surface area contributed by atoms with Crippen molar-refractivity contribution in [1.29, 1.82) is 0 Å². The second-order valence-electron chi connectivity index (χ2n) is 6.87. The quantitative estimate of drug-likeness (QED) is 0.591. The number of nitro groups is 1. The number of nitrogens with one attached hydrogen (secondary N) is 1. The number of aromatic nitrogens is 2. The number of aryl methyl sites for hydroxylation is 2. The van der Waals surface area contributed by atoms with Gasteiger partial charge in [-0.15, -0.1) is 0 Å². The van der Waals surface area contributed by atoms with E-state index in [2.05, 4.69) is 22.5 Å². The molecular weight excluding hydrogens is 348 g/mol. The molecule has 1 fully saturated rings. The van der Waals surface area contributed by atoms with Crippen LogP contribution in [0.2, 0.25) is 0 Å². The topological polar surface area (TPSA) is 91.5 Å². The Bertz CT molecular complexity index is 795. The smallest absolute Gasteiger partial charge is 0.333 e. The highest BCUT2D eigenvalue weighted by Gasteiger charge is 2.36. The van der Waals surface area contributed by atoms with Crippen LogP contribution in [0, 0.1) is 17.0 Å². The molecule has 0 bridgehead atoms. The molecule has 1 aliphatic rings. The molecule has 1 aromatic carbocycles. The van der Waals surface area contributed by atoms with E-state index in [9.17, 15) is 10.1 Å². The van der Waals surface area contributed by atoms with Crippen LogP contribution in [-0.4, -0.2) is 41.1 Å². The van der Waals surface area contributed by atoms with E-state index < -0.39 is 0 Å². The fraction of sp³-hybridized carbons (Fsp3) is 0.526. The zero-order chi connectivity index (χ0) is 19.4.